The van der Waals surface area contributed by atoms with Gasteiger partial charge in [-0.25, -0.2) is 0 Å². The van der Waals surface area contributed by atoms with E-state index in [0.29, 0.717) is 5.92 Å². The van der Waals surface area contributed by atoms with Crippen LogP contribution in [0.2, 0.25) is 0 Å². The molecule has 0 rings (SSSR count). The van der Waals surface area contributed by atoms with Crippen LogP contribution in [-0.2, 0) is 19.1 Å². The SMILES string of the molecule is C=CCOC(=O)CC(OC(C)=O)C(CC)CC(C)C. The first-order valence-corrected chi connectivity index (χ1v) is 6.84. The molecular weight excluding hydrogens is 244 g/mol. The lowest BCUT2D eigenvalue weighted by Gasteiger charge is -2.26. The first-order valence-electron chi connectivity index (χ1n) is 6.84. The molecule has 0 spiro atoms. The molecule has 0 aromatic carbocycles. The number of rotatable bonds is 9. The van der Waals surface area contributed by atoms with Crippen LogP contribution in [0, 0.1) is 11.8 Å². The summed E-state index contributed by atoms with van der Waals surface area (Å²) in [7, 11) is 0. The summed E-state index contributed by atoms with van der Waals surface area (Å²) in [6, 6.07) is 0. The first-order chi connectivity index (χ1) is 8.90. The largest absolute Gasteiger partial charge is 0.462 e. The van der Waals surface area contributed by atoms with Crippen LogP contribution in [0.4, 0.5) is 0 Å². The van der Waals surface area contributed by atoms with E-state index in [-0.39, 0.29) is 30.9 Å². The van der Waals surface area contributed by atoms with E-state index in [1.54, 1.807) is 0 Å². The summed E-state index contributed by atoms with van der Waals surface area (Å²) in [4.78, 5) is 22.8. The predicted octanol–water partition coefficient (Wildman–Crippen LogP) is 3.11. The Hall–Kier alpha value is -1.32. The van der Waals surface area contributed by atoms with Crippen molar-refractivity contribution in [2.75, 3.05) is 6.61 Å². The Morgan fingerprint density at radius 1 is 1.32 bits per heavy atom. The van der Waals surface area contributed by atoms with Crippen molar-refractivity contribution < 1.29 is 19.1 Å². The van der Waals surface area contributed by atoms with Crippen molar-refractivity contribution in [2.24, 2.45) is 11.8 Å². The van der Waals surface area contributed by atoms with Gasteiger partial charge in [0.2, 0.25) is 0 Å². The fourth-order valence-corrected chi connectivity index (χ4v) is 2.08. The highest BCUT2D eigenvalue weighted by Crippen LogP contribution is 2.24. The third kappa shape index (κ3) is 8.41. The minimum absolute atomic E-state index is 0.110. The number of esters is 2. The van der Waals surface area contributed by atoms with Gasteiger partial charge in [0.1, 0.15) is 12.7 Å². The van der Waals surface area contributed by atoms with Crippen LogP contribution in [0.25, 0.3) is 0 Å². The standard InChI is InChI=1S/C15H26O4/c1-6-8-18-15(17)10-14(19-12(5)16)13(7-2)9-11(3)4/h6,11,13-14H,1,7-10H2,2-5H3. The van der Waals surface area contributed by atoms with Gasteiger partial charge in [-0.1, -0.05) is 33.4 Å². The topological polar surface area (TPSA) is 52.6 Å². The maximum atomic E-state index is 11.6. The van der Waals surface area contributed by atoms with Crippen molar-refractivity contribution in [1.82, 2.24) is 0 Å². The molecule has 19 heavy (non-hydrogen) atoms. The van der Waals surface area contributed by atoms with Gasteiger partial charge in [0.15, 0.2) is 0 Å². The molecule has 110 valence electrons. The Labute approximate surface area is 116 Å². The summed E-state index contributed by atoms with van der Waals surface area (Å²) < 4.78 is 10.2. The van der Waals surface area contributed by atoms with Crippen LogP contribution >= 0.6 is 0 Å². The number of carbonyl (C=O) groups is 2. The lowest BCUT2D eigenvalue weighted by Crippen LogP contribution is -2.30. The zero-order valence-corrected chi connectivity index (χ0v) is 12.5. The average molecular weight is 270 g/mol. The predicted molar refractivity (Wildman–Crippen MR) is 74.6 cm³/mol. The Morgan fingerprint density at radius 2 is 1.95 bits per heavy atom. The second-order valence-electron chi connectivity index (χ2n) is 5.12. The van der Waals surface area contributed by atoms with E-state index in [1.807, 2.05) is 6.92 Å². The first kappa shape index (κ1) is 17.7. The zero-order chi connectivity index (χ0) is 14.8. The summed E-state index contributed by atoms with van der Waals surface area (Å²) in [5, 5.41) is 0. The van der Waals surface area contributed by atoms with E-state index in [1.165, 1.54) is 13.0 Å². The quantitative estimate of drug-likeness (QED) is 0.477. The maximum absolute atomic E-state index is 11.6. The second kappa shape index (κ2) is 9.59. The molecule has 0 saturated carbocycles. The van der Waals surface area contributed by atoms with Gasteiger partial charge in [0, 0.05) is 6.92 Å². The molecular formula is C15H26O4. The minimum atomic E-state index is -0.401. The highest BCUT2D eigenvalue weighted by Gasteiger charge is 2.26. The minimum Gasteiger partial charge on any atom is -0.462 e. The third-order valence-corrected chi connectivity index (χ3v) is 2.87. The fourth-order valence-electron chi connectivity index (χ4n) is 2.08. The maximum Gasteiger partial charge on any atom is 0.309 e. The van der Waals surface area contributed by atoms with Crippen molar-refractivity contribution in [3.63, 3.8) is 0 Å². The summed E-state index contributed by atoms with van der Waals surface area (Å²) >= 11 is 0. The third-order valence-electron chi connectivity index (χ3n) is 2.87. The van der Waals surface area contributed by atoms with Gasteiger partial charge < -0.3 is 9.47 Å². The molecule has 0 amide bonds. The molecule has 2 unspecified atom stereocenters. The highest BCUT2D eigenvalue weighted by atomic mass is 16.6. The molecule has 0 aliphatic rings. The molecule has 0 aromatic rings. The van der Waals surface area contributed by atoms with E-state index in [2.05, 4.69) is 20.4 Å². The van der Waals surface area contributed by atoms with Crippen LogP contribution in [0.15, 0.2) is 12.7 Å². The lowest BCUT2D eigenvalue weighted by molar-refractivity contribution is -0.156. The van der Waals surface area contributed by atoms with Crippen molar-refractivity contribution in [1.29, 1.82) is 0 Å². The van der Waals surface area contributed by atoms with E-state index in [4.69, 9.17) is 9.47 Å². The smallest absolute Gasteiger partial charge is 0.309 e. The summed E-state index contributed by atoms with van der Waals surface area (Å²) in [6.07, 6.45) is 3.01. The molecule has 2 atom stereocenters. The van der Waals surface area contributed by atoms with Crippen molar-refractivity contribution in [3.8, 4) is 0 Å². The normalized spacial score (nSPS) is 13.7. The van der Waals surface area contributed by atoms with Gasteiger partial charge in [0.25, 0.3) is 0 Å². The van der Waals surface area contributed by atoms with Crippen molar-refractivity contribution in [3.05, 3.63) is 12.7 Å². The highest BCUT2D eigenvalue weighted by molar-refractivity contribution is 5.71. The van der Waals surface area contributed by atoms with Crippen molar-refractivity contribution in [2.45, 2.75) is 53.1 Å². The molecule has 0 radical (unpaired) electrons. The molecule has 0 aromatic heterocycles. The average Bonchev–Trinajstić information content (AvgIpc) is 2.31. The molecule has 0 saturated heterocycles. The summed E-state index contributed by atoms with van der Waals surface area (Å²) in [6.45, 7) is 11.3. The van der Waals surface area contributed by atoms with Gasteiger partial charge in [-0.05, 0) is 24.7 Å². The van der Waals surface area contributed by atoms with Gasteiger partial charge in [-0.3, -0.25) is 9.59 Å². The number of hydrogen-bond donors (Lipinski definition) is 0. The Bertz CT molecular complexity index is 297. The molecule has 0 heterocycles. The molecule has 4 heteroatoms. The van der Waals surface area contributed by atoms with E-state index >= 15 is 0 Å². The molecule has 0 bridgehead atoms. The van der Waals surface area contributed by atoms with Crippen LogP contribution in [0.3, 0.4) is 0 Å². The van der Waals surface area contributed by atoms with Gasteiger partial charge >= 0.3 is 11.9 Å². The van der Waals surface area contributed by atoms with Crippen LogP contribution in [0.1, 0.15) is 47.0 Å². The molecule has 4 nitrogen and oxygen atoms in total. The van der Waals surface area contributed by atoms with E-state index in [9.17, 15) is 9.59 Å². The molecule has 0 fully saturated rings. The van der Waals surface area contributed by atoms with E-state index in [0.717, 1.165) is 12.8 Å². The van der Waals surface area contributed by atoms with Crippen LogP contribution in [-0.4, -0.2) is 24.6 Å². The molecule has 0 N–H and O–H groups in total. The Balaban J connectivity index is 4.62. The lowest BCUT2D eigenvalue weighted by atomic mass is 9.88. The second-order valence-corrected chi connectivity index (χ2v) is 5.12. The number of hydrogen-bond acceptors (Lipinski definition) is 4. The number of carbonyl (C=O) groups excluding carboxylic acids is 2. The summed E-state index contributed by atoms with van der Waals surface area (Å²) in [5.41, 5.74) is 0. The Kier molecular flexibility index (Phi) is 8.92. The monoisotopic (exact) mass is 270 g/mol. The number of ether oxygens (including phenoxy) is 2. The van der Waals surface area contributed by atoms with Gasteiger partial charge in [0.05, 0.1) is 6.42 Å². The van der Waals surface area contributed by atoms with E-state index < -0.39 is 6.10 Å². The summed E-state index contributed by atoms with van der Waals surface area (Å²) in [5.74, 6) is -0.0375. The zero-order valence-electron chi connectivity index (χ0n) is 12.5. The van der Waals surface area contributed by atoms with Crippen LogP contribution < -0.4 is 0 Å². The van der Waals surface area contributed by atoms with Gasteiger partial charge in [-0.15, -0.1) is 0 Å². The molecule has 0 aliphatic heterocycles. The van der Waals surface area contributed by atoms with Crippen molar-refractivity contribution >= 4 is 11.9 Å². The fraction of sp³-hybridized carbons (Fsp3) is 0.733. The molecule has 0 aliphatic carbocycles. The van der Waals surface area contributed by atoms with Crippen LogP contribution in [0.5, 0.6) is 0 Å². The van der Waals surface area contributed by atoms with Gasteiger partial charge in [-0.2, -0.15) is 0 Å². The Morgan fingerprint density at radius 3 is 2.37 bits per heavy atom.